The number of nitriles is 1. The molecule has 1 amide bonds. The van der Waals surface area contributed by atoms with Gasteiger partial charge in [0, 0.05) is 43.5 Å². The van der Waals surface area contributed by atoms with Gasteiger partial charge < -0.3 is 20.4 Å². The minimum atomic E-state index is -4.86. The Hall–Kier alpha value is -4.37. The van der Waals surface area contributed by atoms with Gasteiger partial charge in [0.25, 0.3) is 5.91 Å². The summed E-state index contributed by atoms with van der Waals surface area (Å²) in [6.07, 6.45) is -0.917. The number of halogens is 3. The lowest BCUT2D eigenvalue weighted by Crippen LogP contribution is -2.48. The standard InChI is InChI=1S/C25H23F3N8O/c1-34-8-10-35(11-9-34)23-16(13-29)12-17(14-31-23)33-24(37)19-15-32-36(22(19)25(26,27)28)21-6-2-5-20-18(21)4-3-7-30-20/h2-7,12,15,31H,8-11,14H2,1H3,(H,33,37). The van der Waals surface area contributed by atoms with Crippen molar-refractivity contribution in [1.29, 1.82) is 5.26 Å². The van der Waals surface area contributed by atoms with E-state index in [1.54, 1.807) is 30.5 Å². The van der Waals surface area contributed by atoms with E-state index in [-0.39, 0.29) is 17.9 Å². The normalized spacial score (nSPS) is 16.8. The van der Waals surface area contributed by atoms with Crippen molar-refractivity contribution in [2.45, 2.75) is 6.18 Å². The summed E-state index contributed by atoms with van der Waals surface area (Å²) in [5.74, 6) is -0.313. The van der Waals surface area contributed by atoms with Crippen LogP contribution in [0.5, 0.6) is 0 Å². The summed E-state index contributed by atoms with van der Waals surface area (Å²) < 4.78 is 43.4. The van der Waals surface area contributed by atoms with Crippen LogP contribution < -0.4 is 10.6 Å². The molecule has 0 bridgehead atoms. The molecule has 0 unspecified atom stereocenters. The predicted molar refractivity (Wildman–Crippen MR) is 129 cm³/mol. The summed E-state index contributed by atoms with van der Waals surface area (Å²) in [5.41, 5.74) is -0.570. The van der Waals surface area contributed by atoms with Gasteiger partial charge in [-0.05, 0) is 37.4 Å². The molecule has 0 radical (unpaired) electrons. The average molecular weight is 509 g/mol. The lowest BCUT2D eigenvalue weighted by Gasteiger charge is -2.37. The van der Waals surface area contributed by atoms with Crippen LogP contribution in [0.25, 0.3) is 16.6 Å². The monoisotopic (exact) mass is 508 g/mol. The molecule has 2 aliphatic heterocycles. The van der Waals surface area contributed by atoms with E-state index in [4.69, 9.17) is 0 Å². The zero-order chi connectivity index (χ0) is 26.2. The molecule has 3 aromatic rings. The van der Waals surface area contributed by atoms with Crippen molar-refractivity contribution in [3.8, 4) is 11.8 Å². The van der Waals surface area contributed by atoms with Crippen molar-refractivity contribution in [2.75, 3.05) is 39.8 Å². The molecule has 1 aromatic carbocycles. The molecule has 1 fully saturated rings. The molecule has 9 nitrogen and oxygen atoms in total. The molecule has 0 atom stereocenters. The van der Waals surface area contributed by atoms with Gasteiger partial charge in [-0.3, -0.25) is 9.78 Å². The number of carbonyl (C=O) groups is 1. The van der Waals surface area contributed by atoms with E-state index in [9.17, 15) is 23.2 Å². The highest BCUT2D eigenvalue weighted by Crippen LogP contribution is 2.35. The molecule has 0 aliphatic carbocycles. The van der Waals surface area contributed by atoms with Crippen molar-refractivity contribution >= 4 is 16.8 Å². The van der Waals surface area contributed by atoms with Gasteiger partial charge in [0.05, 0.1) is 35.1 Å². The third-order valence-corrected chi connectivity index (χ3v) is 6.37. The first-order valence-electron chi connectivity index (χ1n) is 11.6. The molecular formula is C25H23F3N8O. The Labute approximate surface area is 210 Å². The lowest BCUT2D eigenvalue weighted by molar-refractivity contribution is -0.143. The summed E-state index contributed by atoms with van der Waals surface area (Å²) in [5, 5.41) is 19.7. The molecule has 2 N–H and O–H groups in total. The van der Waals surface area contributed by atoms with E-state index in [1.165, 1.54) is 12.1 Å². The van der Waals surface area contributed by atoms with Crippen LogP contribution in [-0.2, 0) is 6.18 Å². The van der Waals surface area contributed by atoms with Crippen LogP contribution in [0.4, 0.5) is 13.2 Å². The number of piperazine rings is 1. The molecule has 37 heavy (non-hydrogen) atoms. The summed E-state index contributed by atoms with van der Waals surface area (Å²) in [6, 6.07) is 10.1. The number of pyridine rings is 1. The van der Waals surface area contributed by atoms with Crippen molar-refractivity contribution in [3.63, 3.8) is 0 Å². The number of alkyl halides is 3. The zero-order valence-electron chi connectivity index (χ0n) is 19.9. The third-order valence-electron chi connectivity index (χ3n) is 6.37. The fourth-order valence-corrected chi connectivity index (χ4v) is 4.50. The van der Waals surface area contributed by atoms with Crippen molar-refractivity contribution in [3.05, 3.63) is 77.2 Å². The molecular weight excluding hydrogens is 485 g/mol. The van der Waals surface area contributed by atoms with Crippen molar-refractivity contribution in [2.24, 2.45) is 0 Å². The number of nitrogens with one attached hydrogen (secondary N) is 2. The Balaban J connectivity index is 1.46. The molecule has 0 spiro atoms. The highest BCUT2D eigenvalue weighted by atomic mass is 19.4. The number of rotatable bonds is 4. The number of fused-ring (bicyclic) bond motifs is 1. The maximum atomic E-state index is 14.2. The minimum Gasteiger partial charge on any atom is -0.365 e. The summed E-state index contributed by atoms with van der Waals surface area (Å²) in [4.78, 5) is 21.5. The quantitative estimate of drug-likeness (QED) is 0.559. The van der Waals surface area contributed by atoms with Gasteiger partial charge in [-0.15, -0.1) is 0 Å². The Morgan fingerprint density at radius 1 is 1.16 bits per heavy atom. The maximum absolute atomic E-state index is 14.2. The number of likely N-dealkylation sites (N-methyl/N-ethyl adjacent to an activating group) is 1. The van der Waals surface area contributed by atoms with Crippen LogP contribution in [0.15, 0.2) is 65.9 Å². The largest absolute Gasteiger partial charge is 0.434 e. The molecule has 0 saturated carbocycles. The van der Waals surface area contributed by atoms with Crippen LogP contribution in [-0.4, -0.2) is 70.2 Å². The van der Waals surface area contributed by atoms with Gasteiger partial charge in [0.15, 0.2) is 5.69 Å². The minimum absolute atomic E-state index is 0.155. The van der Waals surface area contributed by atoms with Gasteiger partial charge >= 0.3 is 6.18 Å². The van der Waals surface area contributed by atoms with Gasteiger partial charge in [-0.2, -0.15) is 23.5 Å². The highest BCUT2D eigenvalue weighted by molar-refractivity contribution is 5.97. The van der Waals surface area contributed by atoms with E-state index in [2.05, 4.69) is 36.6 Å². The van der Waals surface area contributed by atoms with Crippen molar-refractivity contribution in [1.82, 2.24) is 35.2 Å². The molecule has 4 heterocycles. The average Bonchev–Trinajstić information content (AvgIpc) is 3.35. The first-order chi connectivity index (χ1) is 17.8. The second-order valence-corrected chi connectivity index (χ2v) is 8.81. The lowest BCUT2D eigenvalue weighted by atomic mass is 10.1. The maximum Gasteiger partial charge on any atom is 0.434 e. The van der Waals surface area contributed by atoms with Crippen LogP contribution in [0.3, 0.4) is 0 Å². The number of allylic oxidation sites excluding steroid dienone is 2. The third kappa shape index (κ3) is 4.73. The Morgan fingerprint density at radius 2 is 1.95 bits per heavy atom. The number of aromatic nitrogens is 3. The van der Waals surface area contributed by atoms with Crippen molar-refractivity contribution < 1.29 is 18.0 Å². The van der Waals surface area contributed by atoms with E-state index >= 15 is 0 Å². The number of benzene rings is 1. The fourth-order valence-electron chi connectivity index (χ4n) is 4.50. The van der Waals surface area contributed by atoms with E-state index in [1.807, 2.05) is 7.05 Å². The molecule has 12 heteroatoms. The number of nitrogens with zero attached hydrogens (tertiary/aromatic N) is 6. The zero-order valence-corrected chi connectivity index (χ0v) is 19.9. The van der Waals surface area contributed by atoms with E-state index in [0.29, 0.717) is 22.3 Å². The first kappa shape index (κ1) is 24.3. The highest BCUT2D eigenvalue weighted by Gasteiger charge is 2.41. The van der Waals surface area contributed by atoms with Gasteiger partial charge in [-0.1, -0.05) is 6.07 Å². The summed E-state index contributed by atoms with van der Waals surface area (Å²) in [6.45, 7) is 3.31. The van der Waals surface area contributed by atoms with Crippen LogP contribution in [0.1, 0.15) is 16.1 Å². The van der Waals surface area contributed by atoms with Gasteiger partial charge in [0.2, 0.25) is 0 Å². The van der Waals surface area contributed by atoms with Gasteiger partial charge in [-0.25, -0.2) is 4.68 Å². The number of dihydropyridines is 1. The second-order valence-electron chi connectivity index (χ2n) is 8.81. The smallest absolute Gasteiger partial charge is 0.365 e. The fraction of sp³-hybridized carbons (Fsp3) is 0.280. The number of carbonyl (C=O) groups excluding carboxylic acids is 1. The molecule has 5 rings (SSSR count). The Bertz CT molecular complexity index is 1450. The topological polar surface area (TPSA) is 102 Å². The summed E-state index contributed by atoms with van der Waals surface area (Å²) >= 11 is 0. The van der Waals surface area contributed by atoms with Crippen LogP contribution >= 0.6 is 0 Å². The summed E-state index contributed by atoms with van der Waals surface area (Å²) in [7, 11) is 2.02. The molecule has 190 valence electrons. The first-order valence-corrected chi connectivity index (χ1v) is 11.6. The van der Waals surface area contributed by atoms with Crippen LogP contribution in [0, 0.1) is 11.3 Å². The van der Waals surface area contributed by atoms with Crippen LogP contribution in [0.2, 0.25) is 0 Å². The van der Waals surface area contributed by atoms with E-state index < -0.39 is 23.3 Å². The molecule has 2 aromatic heterocycles. The number of amides is 1. The number of hydrogen-bond acceptors (Lipinski definition) is 7. The molecule has 1 saturated heterocycles. The molecule has 2 aliphatic rings. The van der Waals surface area contributed by atoms with E-state index in [0.717, 1.165) is 37.1 Å². The Morgan fingerprint density at radius 3 is 2.68 bits per heavy atom. The number of hydrogen-bond donors (Lipinski definition) is 2. The Kier molecular flexibility index (Phi) is 6.31. The second kappa shape index (κ2) is 9.59. The van der Waals surface area contributed by atoms with Gasteiger partial charge in [0.1, 0.15) is 11.9 Å². The predicted octanol–water partition coefficient (Wildman–Crippen LogP) is 2.64. The SMILES string of the molecule is CN1CCN(C2=C(C#N)C=C(NC(=O)c3cnn(-c4cccc5ncccc45)c3C(F)(F)F)CN2)CC1.